The topological polar surface area (TPSA) is 70.6 Å². The van der Waals surface area contributed by atoms with Crippen LogP contribution in [0, 0.1) is 0 Å². The number of rotatable bonds is 5. The van der Waals surface area contributed by atoms with Gasteiger partial charge in [-0.2, -0.15) is 0 Å². The highest BCUT2D eigenvalue weighted by molar-refractivity contribution is 5.93. The molecule has 1 aliphatic heterocycles. The Kier molecular flexibility index (Phi) is 6.12. The lowest BCUT2D eigenvalue weighted by atomic mass is 9.95. The third kappa shape index (κ3) is 4.60. The molecule has 0 spiro atoms. The van der Waals surface area contributed by atoms with Crippen LogP contribution in [0.4, 0.5) is 11.6 Å². The number of ether oxygens (including phenoxy) is 1. The summed E-state index contributed by atoms with van der Waals surface area (Å²) in [6.45, 7) is 3.39. The Morgan fingerprint density at radius 2 is 1.66 bits per heavy atom. The molecule has 1 saturated carbocycles. The Bertz CT molecular complexity index is 812. The molecule has 1 aliphatic carbocycles. The van der Waals surface area contributed by atoms with Crippen LogP contribution in [0.5, 0.6) is 5.75 Å². The van der Waals surface area contributed by atoms with E-state index < -0.39 is 0 Å². The van der Waals surface area contributed by atoms with Crippen LogP contribution in [-0.2, 0) is 0 Å². The van der Waals surface area contributed by atoms with Crippen molar-refractivity contribution in [2.24, 2.45) is 0 Å². The van der Waals surface area contributed by atoms with Crippen molar-refractivity contribution < 1.29 is 9.53 Å². The first-order chi connectivity index (χ1) is 14.2. The highest BCUT2D eigenvalue weighted by atomic mass is 16.5. The zero-order valence-corrected chi connectivity index (χ0v) is 17.0. The lowest BCUT2D eigenvalue weighted by Gasteiger charge is -2.36. The van der Waals surface area contributed by atoms with E-state index >= 15 is 0 Å². The quantitative estimate of drug-likeness (QED) is 0.840. The first-order valence-electron chi connectivity index (χ1n) is 10.5. The van der Waals surface area contributed by atoms with Crippen LogP contribution >= 0.6 is 0 Å². The number of hydrogen-bond acceptors (Lipinski definition) is 6. The van der Waals surface area contributed by atoms with Crippen molar-refractivity contribution in [2.45, 2.75) is 38.1 Å². The zero-order chi connectivity index (χ0) is 20.1. The van der Waals surface area contributed by atoms with E-state index in [1.807, 2.05) is 18.2 Å². The van der Waals surface area contributed by atoms with Crippen molar-refractivity contribution >= 4 is 17.5 Å². The summed E-state index contributed by atoms with van der Waals surface area (Å²) in [7, 11) is 1.70. The molecule has 2 heterocycles. The second kappa shape index (κ2) is 9.11. The second-order valence-electron chi connectivity index (χ2n) is 7.73. The van der Waals surface area contributed by atoms with Gasteiger partial charge >= 0.3 is 0 Å². The average molecular weight is 396 g/mol. The van der Waals surface area contributed by atoms with Gasteiger partial charge in [0.05, 0.1) is 18.4 Å². The maximum Gasteiger partial charge on any atom is 0.254 e. The number of piperazine rings is 1. The number of nitrogens with one attached hydrogen (secondary N) is 1. The summed E-state index contributed by atoms with van der Waals surface area (Å²) in [6.07, 6.45) is 9.10. The molecule has 7 heteroatoms. The smallest absolute Gasteiger partial charge is 0.254 e. The van der Waals surface area contributed by atoms with Crippen molar-refractivity contribution in [3.8, 4) is 5.75 Å². The third-order valence-electron chi connectivity index (χ3n) is 5.83. The standard InChI is InChI=1S/C22H29N5O2/c1-29-20-10-6-5-9-19(20)26-11-13-27(14-12-26)22-23-15-17(16-24-22)21(28)25-18-7-3-2-4-8-18/h5-6,9-10,15-16,18H,2-4,7-8,11-14H2,1H3,(H,25,28). The number of hydrogen-bond donors (Lipinski definition) is 1. The van der Waals surface area contributed by atoms with Gasteiger partial charge in [-0.05, 0) is 25.0 Å². The van der Waals surface area contributed by atoms with Crippen molar-refractivity contribution in [2.75, 3.05) is 43.1 Å². The van der Waals surface area contributed by atoms with Crippen LogP contribution in [0.2, 0.25) is 0 Å². The molecular formula is C22H29N5O2. The van der Waals surface area contributed by atoms with Gasteiger partial charge in [0.15, 0.2) is 0 Å². The maximum absolute atomic E-state index is 12.4. The van der Waals surface area contributed by atoms with Gasteiger partial charge in [-0.3, -0.25) is 4.79 Å². The van der Waals surface area contributed by atoms with Crippen LogP contribution in [-0.4, -0.2) is 55.2 Å². The number of aromatic nitrogens is 2. The number of nitrogens with zero attached hydrogens (tertiary/aromatic N) is 4. The molecule has 1 aromatic carbocycles. The van der Waals surface area contributed by atoms with Crippen molar-refractivity contribution in [3.63, 3.8) is 0 Å². The fourth-order valence-electron chi connectivity index (χ4n) is 4.16. The van der Waals surface area contributed by atoms with E-state index in [1.54, 1.807) is 19.5 Å². The number of methoxy groups -OCH3 is 1. The normalized spacial score (nSPS) is 17.8. The molecule has 0 unspecified atom stereocenters. The van der Waals surface area contributed by atoms with Crippen LogP contribution in [0.3, 0.4) is 0 Å². The van der Waals surface area contributed by atoms with Gasteiger partial charge < -0.3 is 19.9 Å². The van der Waals surface area contributed by atoms with Crippen molar-refractivity contribution in [1.82, 2.24) is 15.3 Å². The van der Waals surface area contributed by atoms with E-state index in [1.165, 1.54) is 19.3 Å². The predicted molar refractivity (Wildman–Crippen MR) is 114 cm³/mol. The van der Waals surface area contributed by atoms with E-state index in [0.29, 0.717) is 17.6 Å². The van der Waals surface area contributed by atoms with E-state index in [4.69, 9.17) is 4.74 Å². The minimum atomic E-state index is -0.0653. The summed E-state index contributed by atoms with van der Waals surface area (Å²) >= 11 is 0. The summed E-state index contributed by atoms with van der Waals surface area (Å²) in [5, 5.41) is 3.12. The monoisotopic (exact) mass is 395 g/mol. The van der Waals surface area contributed by atoms with Gasteiger partial charge in [-0.1, -0.05) is 31.4 Å². The number of anilines is 2. The molecule has 2 fully saturated rings. The number of para-hydroxylation sites is 2. The fraction of sp³-hybridized carbons (Fsp3) is 0.500. The Hall–Kier alpha value is -2.83. The van der Waals surface area contributed by atoms with Crippen LogP contribution in [0.25, 0.3) is 0 Å². The van der Waals surface area contributed by atoms with Gasteiger partial charge in [0.2, 0.25) is 5.95 Å². The van der Waals surface area contributed by atoms with E-state index in [2.05, 4.69) is 31.2 Å². The minimum Gasteiger partial charge on any atom is -0.495 e. The largest absolute Gasteiger partial charge is 0.495 e. The summed E-state index contributed by atoms with van der Waals surface area (Å²) < 4.78 is 5.48. The lowest BCUT2D eigenvalue weighted by Crippen LogP contribution is -2.47. The van der Waals surface area contributed by atoms with Gasteiger partial charge in [0, 0.05) is 44.6 Å². The highest BCUT2D eigenvalue weighted by Gasteiger charge is 2.22. The molecule has 0 radical (unpaired) electrons. The van der Waals surface area contributed by atoms with Gasteiger partial charge in [-0.25, -0.2) is 9.97 Å². The van der Waals surface area contributed by atoms with Crippen LogP contribution < -0.4 is 19.9 Å². The van der Waals surface area contributed by atoms with Gasteiger partial charge in [0.25, 0.3) is 5.91 Å². The predicted octanol–water partition coefficient (Wildman–Crippen LogP) is 2.87. The number of carbonyl (C=O) groups is 1. The fourth-order valence-corrected chi connectivity index (χ4v) is 4.16. The SMILES string of the molecule is COc1ccccc1N1CCN(c2ncc(C(=O)NC3CCCCC3)cn2)CC1. The molecule has 29 heavy (non-hydrogen) atoms. The summed E-state index contributed by atoms with van der Waals surface area (Å²) in [6, 6.07) is 8.38. The van der Waals surface area contributed by atoms with Gasteiger partial charge in [-0.15, -0.1) is 0 Å². The molecule has 2 aromatic rings. The Balaban J connectivity index is 1.33. The summed E-state index contributed by atoms with van der Waals surface area (Å²) in [5.74, 6) is 1.51. The first kappa shape index (κ1) is 19.5. The molecule has 7 nitrogen and oxygen atoms in total. The molecule has 1 saturated heterocycles. The van der Waals surface area contributed by atoms with Crippen LogP contribution in [0.1, 0.15) is 42.5 Å². The molecule has 1 N–H and O–H groups in total. The van der Waals surface area contributed by atoms with E-state index in [-0.39, 0.29) is 5.91 Å². The van der Waals surface area contributed by atoms with Crippen molar-refractivity contribution in [3.05, 3.63) is 42.2 Å². The molecule has 0 atom stereocenters. The third-order valence-corrected chi connectivity index (χ3v) is 5.83. The zero-order valence-electron chi connectivity index (χ0n) is 17.0. The molecule has 4 rings (SSSR count). The molecule has 154 valence electrons. The Labute approximate surface area is 172 Å². The summed E-state index contributed by atoms with van der Waals surface area (Å²) in [5.41, 5.74) is 1.65. The molecule has 1 aromatic heterocycles. The van der Waals surface area contributed by atoms with Crippen LogP contribution in [0.15, 0.2) is 36.7 Å². The highest BCUT2D eigenvalue weighted by Crippen LogP contribution is 2.28. The van der Waals surface area contributed by atoms with E-state index in [0.717, 1.165) is 50.5 Å². The molecule has 0 bridgehead atoms. The lowest BCUT2D eigenvalue weighted by molar-refractivity contribution is 0.0927. The summed E-state index contributed by atoms with van der Waals surface area (Å²) in [4.78, 5) is 25.8. The average Bonchev–Trinajstić information content (AvgIpc) is 2.80. The van der Waals surface area contributed by atoms with E-state index in [9.17, 15) is 4.79 Å². The first-order valence-corrected chi connectivity index (χ1v) is 10.5. The number of amides is 1. The second-order valence-corrected chi connectivity index (χ2v) is 7.73. The minimum absolute atomic E-state index is 0.0653. The molecule has 1 amide bonds. The molecule has 2 aliphatic rings. The van der Waals surface area contributed by atoms with Gasteiger partial charge in [0.1, 0.15) is 5.75 Å². The Morgan fingerprint density at radius 3 is 2.34 bits per heavy atom. The maximum atomic E-state index is 12.4. The number of carbonyl (C=O) groups excluding carboxylic acids is 1. The van der Waals surface area contributed by atoms with Crippen molar-refractivity contribution in [1.29, 1.82) is 0 Å². The molecular weight excluding hydrogens is 366 g/mol. The Morgan fingerprint density at radius 1 is 1.00 bits per heavy atom. The number of benzene rings is 1.